The van der Waals surface area contributed by atoms with E-state index in [1.807, 2.05) is 32.1 Å². The molecule has 3 aromatic rings. The summed E-state index contributed by atoms with van der Waals surface area (Å²) in [7, 11) is 0. The number of halogens is 3. The molecule has 3 aliphatic heterocycles. The molecule has 0 saturated heterocycles. The summed E-state index contributed by atoms with van der Waals surface area (Å²) in [6, 6.07) is 21.2. The van der Waals surface area contributed by atoms with E-state index in [0.29, 0.717) is 32.1 Å². The largest absolute Gasteiger partial charge is 4.00 e. The summed E-state index contributed by atoms with van der Waals surface area (Å²) in [5.74, 6) is -0.408. The molecule has 1 aliphatic carbocycles. The summed E-state index contributed by atoms with van der Waals surface area (Å²) in [6.45, 7) is 0.345. The molecule has 3 heterocycles. The maximum Gasteiger partial charge on any atom is 4.00 e. The van der Waals surface area contributed by atoms with Crippen molar-refractivity contribution in [3.8, 4) is 0 Å². The van der Waals surface area contributed by atoms with Gasteiger partial charge in [-0.2, -0.15) is 0 Å². The van der Waals surface area contributed by atoms with Crippen molar-refractivity contribution in [3.63, 3.8) is 0 Å². The maximum atomic E-state index is 11.4. The number of aliphatic imine (C=N–C) groups is 3. The van der Waals surface area contributed by atoms with Gasteiger partial charge in [0.1, 0.15) is 19.6 Å². The first kappa shape index (κ1) is 39.8. The number of amidine groups is 3. The second-order valence-corrected chi connectivity index (χ2v) is 11.6. The summed E-state index contributed by atoms with van der Waals surface area (Å²) < 4.78 is 0. The first-order valence-corrected chi connectivity index (χ1v) is 16.0. The van der Waals surface area contributed by atoms with Gasteiger partial charge in [-0.3, -0.25) is 44.1 Å². The Kier molecular flexibility index (Phi) is 16.1. The van der Waals surface area contributed by atoms with Crippen molar-refractivity contribution in [1.29, 1.82) is 0 Å². The smallest absolute Gasteiger partial charge is 0.742 e. The fourth-order valence-corrected chi connectivity index (χ4v) is 5.54. The van der Waals surface area contributed by atoms with Gasteiger partial charge >= 0.3 is 21.7 Å². The van der Waals surface area contributed by atoms with Gasteiger partial charge < -0.3 is 37.9 Å². The fourth-order valence-electron chi connectivity index (χ4n) is 4.08. The van der Waals surface area contributed by atoms with Gasteiger partial charge in [-0.1, -0.05) is 71.2 Å². The number of nitrogens with zero attached hydrogens (tertiary/aromatic N) is 6. The van der Waals surface area contributed by atoms with Gasteiger partial charge in [0.25, 0.3) is 17.7 Å². The molecule has 0 unspecified atom stereocenters. The number of carbonyl (C=O) groups excluding carboxylic acids is 3. The van der Waals surface area contributed by atoms with Gasteiger partial charge in [-0.15, -0.1) is 0 Å². The van der Waals surface area contributed by atoms with Crippen LogP contribution in [0.1, 0.15) is 0 Å². The van der Waals surface area contributed by atoms with Crippen molar-refractivity contribution in [2.45, 2.75) is 0 Å². The van der Waals surface area contributed by atoms with Crippen LogP contribution < -0.4 is 14.7 Å². The average Bonchev–Trinajstić information content (AvgIpc) is 3.87. The summed E-state index contributed by atoms with van der Waals surface area (Å²) in [5, 5.41) is 2.34. The Morgan fingerprint density at radius 1 is 0.458 bits per heavy atom. The Hall–Kier alpha value is -2.68. The van der Waals surface area contributed by atoms with E-state index >= 15 is 0 Å². The minimum atomic E-state index is -0.136. The maximum absolute atomic E-state index is 11.4. The molecular weight excluding hydrogens is 767 g/mol. The third-order valence-electron chi connectivity index (χ3n) is 6.21. The van der Waals surface area contributed by atoms with Crippen molar-refractivity contribution in [1.82, 2.24) is 0 Å². The first-order valence-electron chi connectivity index (χ1n) is 13.6. The number of benzene rings is 3. The topological polar surface area (TPSA) is 98.0 Å². The third-order valence-corrected chi connectivity index (χ3v) is 8.10. The van der Waals surface area contributed by atoms with Crippen LogP contribution in [-0.2, 0) is 74.0 Å². The molecule has 4 aliphatic rings. The van der Waals surface area contributed by atoms with E-state index in [-0.39, 0.29) is 74.6 Å². The molecule has 7 rings (SSSR count). The molecular formula is C32H23Cl3N6O3S3Ti+. The summed E-state index contributed by atoms with van der Waals surface area (Å²) in [6.07, 6.45) is 10.0. The molecule has 241 valence electrons. The van der Waals surface area contributed by atoms with Crippen molar-refractivity contribution in [3.05, 3.63) is 120 Å². The van der Waals surface area contributed by atoms with E-state index < -0.39 is 0 Å². The molecule has 0 atom stereocenters. The zero-order valence-corrected chi connectivity index (χ0v) is 31.0. The van der Waals surface area contributed by atoms with Gasteiger partial charge in [-0.05, 0) is 84.0 Å². The van der Waals surface area contributed by atoms with Crippen LogP contribution in [0.5, 0.6) is 0 Å². The Labute approximate surface area is 325 Å². The van der Waals surface area contributed by atoms with Crippen molar-refractivity contribution in [2.24, 2.45) is 15.0 Å². The number of rotatable bonds is 3. The molecule has 9 nitrogen and oxygen atoms in total. The van der Waals surface area contributed by atoms with E-state index in [9.17, 15) is 14.4 Å². The molecule has 1 saturated carbocycles. The molecule has 48 heavy (non-hydrogen) atoms. The molecule has 16 heteroatoms. The zero-order chi connectivity index (χ0) is 33.9. The number of hydrogen-bond acceptors (Lipinski definition) is 9. The van der Waals surface area contributed by atoms with E-state index in [2.05, 4.69) is 15.0 Å². The summed E-state index contributed by atoms with van der Waals surface area (Å²) in [4.78, 5) is 49.9. The monoisotopic (exact) mass is 788 g/mol. The summed E-state index contributed by atoms with van der Waals surface area (Å²) in [5.41, 5.74) is 1.81. The van der Waals surface area contributed by atoms with Crippen LogP contribution in [0.4, 0.5) is 17.1 Å². The Morgan fingerprint density at radius 3 is 0.875 bits per heavy atom. The predicted octanol–water partition coefficient (Wildman–Crippen LogP) is 5.79. The number of hydrogen-bond donors (Lipinski definition) is 0. The minimum absolute atomic E-state index is 0. The second kappa shape index (κ2) is 19.5. The Balaban J connectivity index is 0.000000180. The predicted molar refractivity (Wildman–Crippen MR) is 197 cm³/mol. The second-order valence-electron chi connectivity index (χ2n) is 9.30. The van der Waals surface area contributed by atoms with Crippen LogP contribution in [0.3, 0.4) is 0 Å². The molecule has 0 aromatic heterocycles. The van der Waals surface area contributed by atoms with Crippen LogP contribution in [0.15, 0.2) is 87.8 Å². The average molecular weight is 790 g/mol. The molecule has 3 amide bonds. The van der Waals surface area contributed by atoms with E-state index in [4.69, 9.17) is 72.7 Å². The van der Waals surface area contributed by atoms with Crippen LogP contribution in [0, 0.1) is 32.1 Å². The summed E-state index contributed by atoms with van der Waals surface area (Å²) >= 11 is 32.6. The fraction of sp³-hybridized carbons (Fsp3) is 0.0938. The molecule has 0 N–H and O–H groups in total. The molecule has 5 radical (unpaired) electrons. The van der Waals surface area contributed by atoms with E-state index in [1.54, 1.807) is 72.8 Å². The minimum Gasteiger partial charge on any atom is -0.742 e. The number of anilines is 3. The van der Waals surface area contributed by atoms with Crippen LogP contribution >= 0.6 is 34.8 Å². The van der Waals surface area contributed by atoms with Crippen molar-refractivity contribution >= 4 is 123 Å². The number of para-hydroxylation sites is 3. The molecule has 0 bridgehead atoms. The molecule has 0 spiro atoms. The quantitative estimate of drug-likeness (QED) is 0.247. The van der Waals surface area contributed by atoms with Crippen LogP contribution in [0.25, 0.3) is 0 Å². The van der Waals surface area contributed by atoms with Crippen LogP contribution in [0.2, 0.25) is 15.1 Å². The Bertz CT molecular complexity index is 1530. The Morgan fingerprint density at radius 2 is 0.688 bits per heavy atom. The van der Waals surface area contributed by atoms with Gasteiger partial charge in [0.2, 0.25) is 0 Å². The molecule has 3 aromatic carbocycles. The van der Waals surface area contributed by atoms with Crippen molar-refractivity contribution in [2.75, 3.05) is 34.3 Å². The van der Waals surface area contributed by atoms with Gasteiger partial charge in [0.15, 0.2) is 0 Å². The standard InChI is InChI=1S/3C9H7ClN2OS.C5H5.Ti/c3*10-6-3-1-2-4-7(6)12-8(13)5-11-9(12)14;1-2-4-5-3-1;/h3*1-4H,5H2,(H,11,14);1-5H;/q;;;;+4/p-3. The first-order chi connectivity index (χ1) is 22.6. The van der Waals surface area contributed by atoms with E-state index in [1.165, 1.54) is 14.7 Å². The normalized spacial score (nSPS) is 16.4. The van der Waals surface area contributed by atoms with Crippen LogP contribution in [-0.4, -0.2) is 52.9 Å². The third kappa shape index (κ3) is 10.4. The van der Waals surface area contributed by atoms with Gasteiger partial charge in [0.05, 0.1) is 32.1 Å². The SMILES string of the molecule is O=C1CN=C([S-])N1c1ccccc1Cl.O=C1CN=C([S-])N1c1ccccc1Cl.O=C1CN=C([S-])N1c1ccccc1Cl.[CH]1[CH][CH][CH][CH]1.[Ti+4]. The zero-order valence-electron chi connectivity index (χ0n) is 24.7. The number of amides is 3. The van der Waals surface area contributed by atoms with Gasteiger partial charge in [-0.25, -0.2) is 0 Å². The number of carbonyl (C=O) groups is 3. The van der Waals surface area contributed by atoms with Gasteiger partial charge in [0, 0.05) is 0 Å². The van der Waals surface area contributed by atoms with Crippen molar-refractivity contribution < 1.29 is 36.1 Å². The molecule has 1 fully saturated rings. The van der Waals surface area contributed by atoms with E-state index in [0.717, 1.165) is 0 Å².